The number of hydrogen-bond acceptors (Lipinski definition) is 3. The Hall–Kier alpha value is -0.610. The number of carbonyl (C=O) groups excluding carboxylic acids is 1. The van der Waals surface area contributed by atoms with Crippen LogP contribution in [0.4, 0.5) is 0 Å². The highest BCUT2D eigenvalue weighted by Crippen LogP contribution is 2.12. The summed E-state index contributed by atoms with van der Waals surface area (Å²) in [5.74, 6) is 0.156. The fraction of sp³-hybridized carbons (Fsp3) is 0.909. The van der Waals surface area contributed by atoms with Crippen LogP contribution in [0.15, 0.2) is 0 Å². The molecule has 1 saturated heterocycles. The van der Waals surface area contributed by atoms with Crippen LogP contribution in [0, 0.1) is 0 Å². The van der Waals surface area contributed by atoms with Crippen molar-refractivity contribution in [3.63, 3.8) is 0 Å². The van der Waals surface area contributed by atoms with Crippen LogP contribution in [0.2, 0.25) is 0 Å². The van der Waals surface area contributed by atoms with Gasteiger partial charge in [0.1, 0.15) is 6.04 Å². The monoisotopic (exact) mass is 213 g/mol. The van der Waals surface area contributed by atoms with Crippen molar-refractivity contribution in [2.24, 2.45) is 0 Å². The van der Waals surface area contributed by atoms with Gasteiger partial charge in [0.05, 0.1) is 0 Å². The maximum atomic E-state index is 11.9. The molecule has 88 valence electrons. The van der Waals surface area contributed by atoms with Crippen molar-refractivity contribution in [2.45, 2.75) is 45.3 Å². The van der Waals surface area contributed by atoms with E-state index in [0.717, 1.165) is 19.5 Å². The van der Waals surface area contributed by atoms with Gasteiger partial charge in [-0.2, -0.15) is 0 Å². The molecule has 15 heavy (non-hydrogen) atoms. The van der Waals surface area contributed by atoms with Crippen LogP contribution in [0.25, 0.3) is 0 Å². The van der Waals surface area contributed by atoms with Gasteiger partial charge in [-0.15, -0.1) is 0 Å². The Bertz CT molecular complexity index is 218. The first-order valence-corrected chi connectivity index (χ1v) is 5.77. The molecule has 0 aliphatic carbocycles. The maximum Gasteiger partial charge on any atom is 0.238 e. The third kappa shape index (κ3) is 3.18. The van der Waals surface area contributed by atoms with E-state index in [-0.39, 0.29) is 11.9 Å². The summed E-state index contributed by atoms with van der Waals surface area (Å²) in [7, 11) is 1.89. The zero-order chi connectivity index (χ0) is 11.4. The van der Waals surface area contributed by atoms with Gasteiger partial charge in [0.15, 0.2) is 0 Å². The first-order valence-electron chi connectivity index (χ1n) is 5.77. The van der Waals surface area contributed by atoms with E-state index in [4.69, 9.17) is 0 Å². The molecular weight excluding hydrogens is 190 g/mol. The number of hydrogen-bond donors (Lipinski definition) is 2. The van der Waals surface area contributed by atoms with Crippen LogP contribution in [0.3, 0.4) is 0 Å². The molecule has 0 aromatic carbocycles. The highest BCUT2D eigenvalue weighted by Gasteiger charge is 2.30. The molecule has 1 rings (SSSR count). The fourth-order valence-electron chi connectivity index (χ4n) is 2.08. The first kappa shape index (κ1) is 12.5. The van der Waals surface area contributed by atoms with Gasteiger partial charge >= 0.3 is 0 Å². The lowest BCUT2D eigenvalue weighted by atomic mass is 10.2. The normalized spacial score (nSPS) is 29.0. The molecule has 1 aliphatic heterocycles. The van der Waals surface area contributed by atoms with Crippen molar-refractivity contribution in [3.05, 3.63) is 0 Å². The number of nitrogens with one attached hydrogen (secondary N) is 2. The molecule has 0 saturated carbocycles. The Labute approximate surface area is 92.4 Å². The van der Waals surface area contributed by atoms with Crippen molar-refractivity contribution in [1.82, 2.24) is 15.5 Å². The van der Waals surface area contributed by atoms with Gasteiger partial charge in [-0.25, -0.2) is 0 Å². The van der Waals surface area contributed by atoms with Gasteiger partial charge in [-0.1, -0.05) is 0 Å². The van der Waals surface area contributed by atoms with Gasteiger partial charge in [0.25, 0.3) is 0 Å². The van der Waals surface area contributed by atoms with Crippen molar-refractivity contribution in [3.8, 4) is 0 Å². The third-order valence-corrected chi connectivity index (χ3v) is 2.97. The highest BCUT2D eigenvalue weighted by atomic mass is 16.2. The van der Waals surface area contributed by atoms with Crippen LogP contribution in [0.5, 0.6) is 0 Å². The van der Waals surface area contributed by atoms with E-state index in [2.05, 4.69) is 36.3 Å². The van der Waals surface area contributed by atoms with Gasteiger partial charge in [0.2, 0.25) is 5.91 Å². The van der Waals surface area contributed by atoms with Gasteiger partial charge in [-0.3, -0.25) is 9.69 Å². The zero-order valence-corrected chi connectivity index (χ0v) is 10.2. The first-order chi connectivity index (χ1) is 7.06. The Kier molecular flexibility index (Phi) is 4.54. The van der Waals surface area contributed by atoms with Crippen LogP contribution in [-0.2, 0) is 4.79 Å². The molecule has 1 amide bonds. The second-order valence-electron chi connectivity index (χ2n) is 4.60. The molecule has 1 aliphatic rings. The predicted molar refractivity (Wildman–Crippen MR) is 61.8 cm³/mol. The van der Waals surface area contributed by atoms with Crippen LogP contribution in [-0.4, -0.2) is 49.1 Å². The van der Waals surface area contributed by atoms with Crippen LogP contribution < -0.4 is 10.6 Å². The molecular formula is C11H23N3O. The molecule has 0 radical (unpaired) electrons. The topological polar surface area (TPSA) is 44.4 Å². The third-order valence-electron chi connectivity index (χ3n) is 2.97. The highest BCUT2D eigenvalue weighted by molar-refractivity contribution is 5.82. The van der Waals surface area contributed by atoms with Crippen LogP contribution >= 0.6 is 0 Å². The van der Waals surface area contributed by atoms with Crippen molar-refractivity contribution >= 4 is 5.91 Å². The largest absolute Gasteiger partial charge is 0.352 e. The van der Waals surface area contributed by atoms with Crippen LogP contribution in [0.1, 0.15) is 27.2 Å². The Balaban J connectivity index is 2.76. The molecule has 0 aromatic heterocycles. The SMILES string of the molecule is CNCC1C(=O)NC(C)CCN1C(C)C. The lowest BCUT2D eigenvalue weighted by Crippen LogP contribution is -2.52. The summed E-state index contributed by atoms with van der Waals surface area (Å²) in [4.78, 5) is 14.2. The predicted octanol–water partition coefficient (Wildman–Crippen LogP) is 0.193. The fourth-order valence-corrected chi connectivity index (χ4v) is 2.08. The number of likely N-dealkylation sites (N-methyl/N-ethyl adjacent to an activating group) is 1. The van der Waals surface area contributed by atoms with E-state index in [1.54, 1.807) is 0 Å². The standard InChI is InChI=1S/C11H23N3O/c1-8(2)14-6-5-9(3)13-11(15)10(14)7-12-4/h8-10,12H,5-7H2,1-4H3,(H,13,15). The second-order valence-corrected chi connectivity index (χ2v) is 4.60. The summed E-state index contributed by atoms with van der Waals surface area (Å²) >= 11 is 0. The lowest BCUT2D eigenvalue weighted by Gasteiger charge is -2.31. The molecule has 1 fully saturated rings. The van der Waals surface area contributed by atoms with Gasteiger partial charge in [0, 0.05) is 25.2 Å². The summed E-state index contributed by atoms with van der Waals surface area (Å²) in [6, 6.07) is 0.681. The van der Waals surface area contributed by atoms with Crippen molar-refractivity contribution < 1.29 is 4.79 Å². The summed E-state index contributed by atoms with van der Waals surface area (Å²) in [5.41, 5.74) is 0. The molecule has 2 atom stereocenters. The molecule has 4 heteroatoms. The number of nitrogens with zero attached hydrogens (tertiary/aromatic N) is 1. The Morgan fingerprint density at radius 1 is 1.60 bits per heavy atom. The lowest BCUT2D eigenvalue weighted by molar-refractivity contribution is -0.126. The zero-order valence-electron chi connectivity index (χ0n) is 10.2. The average molecular weight is 213 g/mol. The molecule has 4 nitrogen and oxygen atoms in total. The maximum absolute atomic E-state index is 11.9. The van der Waals surface area contributed by atoms with Gasteiger partial charge < -0.3 is 10.6 Å². The molecule has 0 bridgehead atoms. The molecule has 2 N–H and O–H groups in total. The molecule has 2 unspecified atom stereocenters. The minimum Gasteiger partial charge on any atom is -0.352 e. The summed E-state index contributed by atoms with van der Waals surface area (Å²) < 4.78 is 0. The van der Waals surface area contributed by atoms with Crippen molar-refractivity contribution in [2.75, 3.05) is 20.1 Å². The van der Waals surface area contributed by atoms with E-state index in [0.29, 0.717) is 12.1 Å². The number of carbonyl (C=O) groups is 1. The van der Waals surface area contributed by atoms with E-state index in [1.807, 2.05) is 7.05 Å². The van der Waals surface area contributed by atoms with Crippen molar-refractivity contribution in [1.29, 1.82) is 0 Å². The molecule has 0 aromatic rings. The van der Waals surface area contributed by atoms with E-state index in [9.17, 15) is 4.79 Å². The quantitative estimate of drug-likeness (QED) is 0.703. The summed E-state index contributed by atoms with van der Waals surface area (Å²) in [6.45, 7) is 8.07. The second kappa shape index (κ2) is 5.47. The van der Waals surface area contributed by atoms with E-state index >= 15 is 0 Å². The molecule has 0 spiro atoms. The smallest absolute Gasteiger partial charge is 0.238 e. The van der Waals surface area contributed by atoms with Gasteiger partial charge in [-0.05, 0) is 34.2 Å². The molecule has 1 heterocycles. The van der Waals surface area contributed by atoms with E-state index in [1.165, 1.54) is 0 Å². The summed E-state index contributed by atoms with van der Waals surface area (Å²) in [5, 5.41) is 6.13. The number of amides is 1. The minimum absolute atomic E-state index is 0.0278. The summed E-state index contributed by atoms with van der Waals surface area (Å²) in [6.07, 6.45) is 1.03. The Morgan fingerprint density at radius 3 is 2.80 bits per heavy atom. The minimum atomic E-state index is -0.0278. The van der Waals surface area contributed by atoms with E-state index < -0.39 is 0 Å². The average Bonchev–Trinajstić information content (AvgIpc) is 2.27. The Morgan fingerprint density at radius 2 is 2.27 bits per heavy atom. The number of rotatable bonds is 3.